The van der Waals surface area contributed by atoms with Crippen molar-refractivity contribution in [1.29, 1.82) is 0 Å². The summed E-state index contributed by atoms with van der Waals surface area (Å²) in [6.07, 6.45) is 3.71. The Hall–Kier alpha value is -1.73. The van der Waals surface area contributed by atoms with E-state index in [9.17, 15) is 9.59 Å². The molecule has 1 aromatic carbocycles. The Morgan fingerprint density at radius 2 is 1.88 bits per heavy atom. The molecule has 2 heterocycles. The van der Waals surface area contributed by atoms with E-state index < -0.39 is 0 Å². The van der Waals surface area contributed by atoms with E-state index in [1.54, 1.807) is 18.8 Å². The molecule has 3 fully saturated rings. The monoisotopic (exact) mass is 378 g/mol. The Labute approximate surface area is 158 Å². The molecule has 6 nitrogen and oxygen atoms in total. The van der Waals surface area contributed by atoms with Crippen molar-refractivity contribution in [1.82, 2.24) is 10.4 Å². The lowest BCUT2D eigenvalue weighted by atomic mass is 9.74. The fourth-order valence-electron chi connectivity index (χ4n) is 3.62. The molecule has 1 N–H and O–H groups in total. The molecule has 4 rings (SSSR count). The highest BCUT2D eigenvalue weighted by atomic mass is 32.2. The quantitative estimate of drug-likeness (QED) is 0.771. The van der Waals surface area contributed by atoms with E-state index >= 15 is 0 Å². The van der Waals surface area contributed by atoms with Gasteiger partial charge in [-0.3, -0.25) is 9.63 Å². The fourth-order valence-corrected chi connectivity index (χ4v) is 5.28. The predicted molar refractivity (Wildman–Crippen MR) is 101 cm³/mol. The van der Waals surface area contributed by atoms with Gasteiger partial charge in [0.05, 0.1) is 12.6 Å². The normalized spacial score (nSPS) is 27.0. The molecule has 2 saturated heterocycles. The van der Waals surface area contributed by atoms with E-state index in [1.807, 2.05) is 30.3 Å². The minimum atomic E-state index is -0.362. The maximum absolute atomic E-state index is 12.2. The molecule has 142 valence electrons. The maximum Gasteiger partial charge on any atom is 0.407 e. The number of fused-ring (bicyclic) bond motifs is 3. The molecule has 3 aliphatic rings. The number of nitrogens with one attached hydrogen (secondary N) is 1. The number of hydrogen-bond acceptors (Lipinski definition) is 5. The van der Waals surface area contributed by atoms with Crippen LogP contribution in [0.2, 0.25) is 0 Å². The third-order valence-electron chi connectivity index (χ3n) is 5.45. The van der Waals surface area contributed by atoms with E-state index in [4.69, 9.17) is 9.57 Å². The summed E-state index contributed by atoms with van der Waals surface area (Å²) in [5.74, 6) is 0.821. The van der Waals surface area contributed by atoms with E-state index in [0.717, 1.165) is 37.0 Å². The first kappa shape index (κ1) is 19.0. The summed E-state index contributed by atoms with van der Waals surface area (Å²) in [5, 5.41) is 4.39. The zero-order chi connectivity index (χ0) is 18.6. The van der Waals surface area contributed by atoms with Crippen LogP contribution in [0.15, 0.2) is 30.3 Å². The Morgan fingerprint density at radius 3 is 2.46 bits per heavy atom. The van der Waals surface area contributed by atoms with Gasteiger partial charge in [0.1, 0.15) is 6.61 Å². The number of hydroxylamine groups is 2. The molecule has 0 unspecified atom stereocenters. The van der Waals surface area contributed by atoms with Crippen LogP contribution in [-0.4, -0.2) is 47.3 Å². The first-order chi connectivity index (χ1) is 12.5. The van der Waals surface area contributed by atoms with Crippen LogP contribution in [0.5, 0.6) is 0 Å². The van der Waals surface area contributed by atoms with Crippen LogP contribution >= 0.6 is 11.8 Å². The van der Waals surface area contributed by atoms with Crippen molar-refractivity contribution in [3.8, 4) is 0 Å². The number of thioether (sulfide) groups is 1. The third kappa shape index (κ3) is 4.32. The van der Waals surface area contributed by atoms with Crippen molar-refractivity contribution < 1.29 is 19.2 Å². The number of carbonyl (C=O) groups is 2. The summed E-state index contributed by atoms with van der Waals surface area (Å²) in [6, 6.07) is 9.66. The second-order valence-electron chi connectivity index (χ2n) is 7.19. The molecule has 0 spiro atoms. The molecule has 7 heteroatoms. The summed E-state index contributed by atoms with van der Waals surface area (Å²) in [7, 11) is 3.14. The standard InChI is InChI=1S/C19H26N2O4S/c1-21(24-2)16(22)12-19-10-8-18(9-11-19,14-26-19)20-17(23)25-13-15-6-4-3-5-7-15/h3-7H,8-14H2,1-2H3,(H,20,23). The maximum atomic E-state index is 12.2. The van der Waals surface area contributed by atoms with Crippen molar-refractivity contribution in [2.24, 2.45) is 0 Å². The van der Waals surface area contributed by atoms with Gasteiger partial charge in [0.2, 0.25) is 5.91 Å². The molecule has 2 amide bonds. The first-order valence-corrected chi connectivity index (χ1v) is 9.88. The van der Waals surface area contributed by atoms with Crippen molar-refractivity contribution in [2.75, 3.05) is 19.9 Å². The van der Waals surface area contributed by atoms with Crippen molar-refractivity contribution in [2.45, 2.75) is 49.0 Å². The average molecular weight is 378 g/mol. The molecule has 0 radical (unpaired) electrons. The van der Waals surface area contributed by atoms with Crippen LogP contribution in [0.3, 0.4) is 0 Å². The molecule has 2 bridgehead atoms. The van der Waals surface area contributed by atoms with Gasteiger partial charge >= 0.3 is 6.09 Å². The van der Waals surface area contributed by atoms with Crippen molar-refractivity contribution in [3.63, 3.8) is 0 Å². The average Bonchev–Trinajstić information content (AvgIpc) is 2.68. The van der Waals surface area contributed by atoms with Crippen LogP contribution in [0.4, 0.5) is 4.79 Å². The lowest BCUT2D eigenvalue weighted by Crippen LogP contribution is -2.60. The van der Waals surface area contributed by atoms with E-state index in [0.29, 0.717) is 6.42 Å². The number of nitrogens with zero attached hydrogens (tertiary/aromatic N) is 1. The summed E-state index contributed by atoms with van der Waals surface area (Å²) in [6.45, 7) is 0.275. The Kier molecular flexibility index (Phi) is 5.77. The Bertz CT molecular complexity index is 628. The van der Waals surface area contributed by atoms with Crippen LogP contribution in [-0.2, 0) is 21.0 Å². The molecular weight excluding hydrogens is 352 g/mol. The van der Waals surface area contributed by atoms with Gasteiger partial charge < -0.3 is 10.1 Å². The highest BCUT2D eigenvalue weighted by Crippen LogP contribution is 2.53. The number of alkyl carbamates (subject to hydrolysis) is 1. The molecule has 2 aliphatic heterocycles. The Morgan fingerprint density at radius 1 is 1.19 bits per heavy atom. The van der Waals surface area contributed by atoms with Gasteiger partial charge in [-0.15, -0.1) is 0 Å². The van der Waals surface area contributed by atoms with Gasteiger partial charge in [-0.25, -0.2) is 9.86 Å². The lowest BCUT2D eigenvalue weighted by Gasteiger charge is -2.52. The van der Waals surface area contributed by atoms with Gasteiger partial charge in [0, 0.05) is 24.0 Å². The zero-order valence-electron chi connectivity index (χ0n) is 15.3. The van der Waals surface area contributed by atoms with E-state index in [-0.39, 0.29) is 28.9 Å². The fraction of sp³-hybridized carbons (Fsp3) is 0.579. The smallest absolute Gasteiger partial charge is 0.407 e. The van der Waals surface area contributed by atoms with Crippen LogP contribution < -0.4 is 5.32 Å². The number of carbonyl (C=O) groups excluding carboxylic acids is 2. The third-order valence-corrected chi connectivity index (χ3v) is 7.31. The number of ether oxygens (including phenoxy) is 1. The highest BCUT2D eigenvalue weighted by Gasteiger charge is 2.51. The van der Waals surface area contributed by atoms with Gasteiger partial charge in [-0.2, -0.15) is 11.8 Å². The largest absolute Gasteiger partial charge is 0.445 e. The second-order valence-corrected chi connectivity index (χ2v) is 8.63. The summed E-state index contributed by atoms with van der Waals surface area (Å²) >= 11 is 1.80. The topological polar surface area (TPSA) is 67.9 Å². The molecule has 1 aromatic rings. The molecule has 26 heavy (non-hydrogen) atoms. The van der Waals surface area contributed by atoms with E-state index in [1.165, 1.54) is 12.2 Å². The first-order valence-electron chi connectivity index (χ1n) is 8.89. The summed E-state index contributed by atoms with van der Waals surface area (Å²) in [4.78, 5) is 29.4. The zero-order valence-corrected chi connectivity index (χ0v) is 16.1. The minimum absolute atomic E-state index is 0.00429. The molecule has 0 atom stereocenters. The number of amides is 2. The van der Waals surface area contributed by atoms with E-state index in [2.05, 4.69) is 5.32 Å². The SMILES string of the molecule is CON(C)C(=O)CC12CCC(NC(=O)OCc3ccccc3)(CC1)CS2. The Balaban J connectivity index is 1.50. The molecule has 0 aromatic heterocycles. The van der Waals surface area contributed by atoms with Crippen molar-refractivity contribution in [3.05, 3.63) is 35.9 Å². The van der Waals surface area contributed by atoms with Crippen LogP contribution in [0, 0.1) is 0 Å². The molecular formula is C19H26N2O4S. The number of benzene rings is 1. The number of rotatable bonds is 6. The lowest BCUT2D eigenvalue weighted by molar-refractivity contribution is -0.169. The van der Waals surface area contributed by atoms with Gasteiger partial charge in [0.15, 0.2) is 0 Å². The summed E-state index contributed by atoms with van der Waals surface area (Å²) < 4.78 is 5.35. The predicted octanol–water partition coefficient (Wildman–Crippen LogP) is 3.12. The highest BCUT2D eigenvalue weighted by molar-refractivity contribution is 8.00. The minimum Gasteiger partial charge on any atom is -0.445 e. The summed E-state index contributed by atoms with van der Waals surface area (Å²) in [5.41, 5.74) is 0.762. The second kappa shape index (κ2) is 7.88. The molecule has 1 aliphatic carbocycles. The van der Waals surface area contributed by atoms with Gasteiger partial charge in [-0.05, 0) is 31.2 Å². The molecule has 1 saturated carbocycles. The van der Waals surface area contributed by atoms with Gasteiger partial charge in [0.25, 0.3) is 0 Å². The van der Waals surface area contributed by atoms with Crippen LogP contribution in [0.25, 0.3) is 0 Å². The van der Waals surface area contributed by atoms with Gasteiger partial charge in [-0.1, -0.05) is 30.3 Å². The van der Waals surface area contributed by atoms with Crippen molar-refractivity contribution >= 4 is 23.8 Å². The van der Waals surface area contributed by atoms with Crippen LogP contribution in [0.1, 0.15) is 37.7 Å². The number of hydrogen-bond donors (Lipinski definition) is 1.